The fraction of sp³-hybridized carbons (Fsp3) is 0.308. The smallest absolute Gasteiger partial charge is 0.180 e. The molecule has 0 bridgehead atoms. The second-order valence-electron chi connectivity index (χ2n) is 9.10. The molecule has 4 aromatic heterocycles. The van der Waals surface area contributed by atoms with Crippen molar-refractivity contribution >= 4 is 27.8 Å². The zero-order valence-electron chi connectivity index (χ0n) is 20.0. The maximum atomic E-state index is 4.82. The first-order valence-electron chi connectivity index (χ1n) is 12.1. The number of imidazole rings is 1. The van der Waals surface area contributed by atoms with Gasteiger partial charge in [-0.1, -0.05) is 13.0 Å². The van der Waals surface area contributed by atoms with Gasteiger partial charge in [0, 0.05) is 62.3 Å². The minimum absolute atomic E-state index is 0.712. The number of nitrogens with one attached hydrogen (secondary N) is 3. The van der Waals surface area contributed by atoms with E-state index in [4.69, 9.17) is 4.98 Å². The highest BCUT2D eigenvalue weighted by atomic mass is 15.3. The number of aromatic amines is 2. The van der Waals surface area contributed by atoms with Gasteiger partial charge in [-0.2, -0.15) is 5.10 Å². The van der Waals surface area contributed by atoms with Gasteiger partial charge in [0.15, 0.2) is 11.5 Å². The first-order chi connectivity index (χ1) is 17.2. The van der Waals surface area contributed by atoms with E-state index in [9.17, 15) is 0 Å². The van der Waals surface area contributed by atoms with Crippen LogP contribution < -0.4 is 10.2 Å². The summed E-state index contributed by atoms with van der Waals surface area (Å²) in [6, 6.07) is 10.6. The third-order valence-electron chi connectivity index (χ3n) is 6.71. The van der Waals surface area contributed by atoms with Gasteiger partial charge in [0.2, 0.25) is 0 Å². The molecule has 35 heavy (non-hydrogen) atoms. The van der Waals surface area contributed by atoms with Gasteiger partial charge >= 0.3 is 0 Å². The lowest BCUT2D eigenvalue weighted by Gasteiger charge is -2.34. The van der Waals surface area contributed by atoms with Crippen LogP contribution in [-0.2, 0) is 6.54 Å². The van der Waals surface area contributed by atoms with Crippen LogP contribution in [0.4, 0.5) is 5.69 Å². The fourth-order valence-corrected chi connectivity index (χ4v) is 4.71. The minimum atomic E-state index is 0.712. The van der Waals surface area contributed by atoms with Crippen molar-refractivity contribution in [1.82, 2.24) is 40.3 Å². The quantitative estimate of drug-likeness (QED) is 0.352. The second-order valence-corrected chi connectivity index (χ2v) is 9.10. The van der Waals surface area contributed by atoms with Crippen molar-refractivity contribution in [3.8, 4) is 22.6 Å². The monoisotopic (exact) mass is 467 g/mol. The predicted octanol–water partition coefficient (Wildman–Crippen LogP) is 3.42. The lowest BCUT2D eigenvalue weighted by atomic mass is 10.0. The molecule has 1 aromatic carbocycles. The topological polar surface area (TPSA) is 102 Å². The van der Waals surface area contributed by atoms with E-state index in [-0.39, 0.29) is 0 Å². The highest BCUT2D eigenvalue weighted by molar-refractivity contribution is 5.96. The molecule has 9 nitrogen and oxygen atoms in total. The zero-order valence-corrected chi connectivity index (χ0v) is 20.0. The van der Waals surface area contributed by atoms with E-state index >= 15 is 0 Å². The minimum Gasteiger partial charge on any atom is -0.367 e. The molecule has 0 atom stereocenters. The summed E-state index contributed by atoms with van der Waals surface area (Å²) < 4.78 is 0. The Kier molecular flexibility index (Phi) is 5.63. The summed E-state index contributed by atoms with van der Waals surface area (Å²) in [5, 5.41) is 12.2. The Morgan fingerprint density at radius 3 is 2.77 bits per heavy atom. The first-order valence-corrected chi connectivity index (χ1v) is 12.1. The molecule has 0 spiro atoms. The van der Waals surface area contributed by atoms with Gasteiger partial charge < -0.3 is 20.1 Å². The molecule has 5 aromatic rings. The molecule has 178 valence electrons. The van der Waals surface area contributed by atoms with Gasteiger partial charge in [-0.15, -0.1) is 0 Å². The summed E-state index contributed by atoms with van der Waals surface area (Å²) in [5.41, 5.74) is 7.91. The third-order valence-corrected chi connectivity index (χ3v) is 6.71. The van der Waals surface area contributed by atoms with Gasteiger partial charge in [-0.3, -0.25) is 10.1 Å². The highest BCUT2D eigenvalue weighted by Crippen LogP contribution is 2.32. The summed E-state index contributed by atoms with van der Waals surface area (Å²) in [6.45, 7) is 7.90. The Morgan fingerprint density at radius 2 is 1.91 bits per heavy atom. The van der Waals surface area contributed by atoms with Gasteiger partial charge in [0.25, 0.3) is 0 Å². The average molecular weight is 468 g/mol. The maximum Gasteiger partial charge on any atom is 0.180 e. The Bertz CT molecular complexity index is 1480. The number of fused-ring (bicyclic) bond motifs is 2. The molecule has 0 aliphatic carbocycles. The number of anilines is 1. The molecular weight excluding hydrogens is 438 g/mol. The van der Waals surface area contributed by atoms with Crippen LogP contribution in [0, 0.1) is 0 Å². The van der Waals surface area contributed by atoms with Gasteiger partial charge in [-0.05, 0) is 49.0 Å². The van der Waals surface area contributed by atoms with Gasteiger partial charge in [-0.25, -0.2) is 9.97 Å². The molecule has 1 fully saturated rings. The lowest BCUT2D eigenvalue weighted by Crippen LogP contribution is -2.44. The highest BCUT2D eigenvalue weighted by Gasteiger charge is 2.20. The number of rotatable bonds is 6. The molecule has 3 N–H and O–H groups in total. The summed E-state index contributed by atoms with van der Waals surface area (Å²) in [7, 11) is 2.17. The van der Waals surface area contributed by atoms with E-state index < -0.39 is 0 Å². The lowest BCUT2D eigenvalue weighted by molar-refractivity contribution is 0.313. The van der Waals surface area contributed by atoms with Gasteiger partial charge in [0.1, 0.15) is 11.2 Å². The molecule has 9 heteroatoms. The zero-order chi connectivity index (χ0) is 23.8. The summed E-state index contributed by atoms with van der Waals surface area (Å²) in [4.78, 5) is 22.1. The number of pyridine rings is 2. The molecule has 0 saturated carbocycles. The standard InChI is InChI=1S/C26H29N9/c1-3-27-14-17-12-19(16-28-15-17)18-4-5-21-20(13-18)23(33-32-21)26-30-24-22(6-7-29-25(24)31-26)35-10-8-34(2)9-11-35/h4-7,12-13,15-16,27H,3,8-11,14H2,1-2H3,(H,32,33)(H,29,30,31). The van der Waals surface area contributed by atoms with E-state index in [1.807, 2.05) is 18.6 Å². The van der Waals surface area contributed by atoms with Crippen molar-refractivity contribution in [2.24, 2.45) is 0 Å². The maximum absolute atomic E-state index is 4.82. The van der Waals surface area contributed by atoms with Crippen molar-refractivity contribution in [1.29, 1.82) is 0 Å². The Hall–Kier alpha value is -3.82. The third kappa shape index (κ3) is 4.13. The van der Waals surface area contributed by atoms with Crippen LogP contribution >= 0.6 is 0 Å². The summed E-state index contributed by atoms with van der Waals surface area (Å²) >= 11 is 0. The van der Waals surface area contributed by atoms with E-state index in [1.54, 1.807) is 0 Å². The first kappa shape index (κ1) is 21.7. The number of benzene rings is 1. The molecule has 6 rings (SSSR count). The van der Waals surface area contributed by atoms with Crippen LogP contribution in [0.5, 0.6) is 0 Å². The van der Waals surface area contributed by atoms with E-state index in [2.05, 4.69) is 84.6 Å². The molecule has 0 unspecified atom stereocenters. The van der Waals surface area contributed by atoms with Crippen LogP contribution in [0.2, 0.25) is 0 Å². The molecule has 5 heterocycles. The molecule has 1 aliphatic rings. The van der Waals surface area contributed by atoms with E-state index in [0.717, 1.165) is 89.6 Å². The largest absolute Gasteiger partial charge is 0.367 e. The van der Waals surface area contributed by atoms with E-state index in [1.165, 1.54) is 0 Å². The van der Waals surface area contributed by atoms with Crippen LogP contribution in [0.15, 0.2) is 48.9 Å². The SMILES string of the molecule is CCNCc1cncc(-c2ccc3[nH]nc(-c4nc5nccc(N6CCN(C)CC6)c5[nH]4)c3c2)c1. The molecule has 1 saturated heterocycles. The van der Waals surface area contributed by atoms with Crippen LogP contribution in [0.3, 0.4) is 0 Å². The van der Waals surface area contributed by atoms with Gasteiger partial charge in [0.05, 0.1) is 11.2 Å². The van der Waals surface area contributed by atoms with Crippen molar-refractivity contribution in [3.63, 3.8) is 0 Å². The molecule has 1 aliphatic heterocycles. The van der Waals surface area contributed by atoms with Crippen molar-refractivity contribution in [2.75, 3.05) is 44.7 Å². The Labute approximate surface area is 203 Å². The molecule has 0 radical (unpaired) electrons. The normalized spacial score (nSPS) is 14.9. The Balaban J connectivity index is 1.38. The van der Waals surface area contributed by atoms with E-state index in [0.29, 0.717) is 5.65 Å². The molecular formula is C26H29N9. The number of piperazine rings is 1. The number of nitrogens with zero attached hydrogens (tertiary/aromatic N) is 6. The number of hydrogen-bond donors (Lipinski definition) is 3. The number of H-pyrrole nitrogens is 2. The second kappa shape index (κ2) is 9.09. The summed E-state index contributed by atoms with van der Waals surface area (Å²) in [5.74, 6) is 0.719. The van der Waals surface area contributed by atoms with Crippen LogP contribution in [-0.4, -0.2) is 74.8 Å². The van der Waals surface area contributed by atoms with Crippen molar-refractivity contribution < 1.29 is 0 Å². The van der Waals surface area contributed by atoms with Crippen LogP contribution in [0.1, 0.15) is 12.5 Å². The van der Waals surface area contributed by atoms with Crippen molar-refractivity contribution in [2.45, 2.75) is 13.5 Å². The Morgan fingerprint density at radius 1 is 1.03 bits per heavy atom. The van der Waals surface area contributed by atoms with Crippen molar-refractivity contribution in [3.05, 3.63) is 54.5 Å². The average Bonchev–Trinajstić information content (AvgIpc) is 3.51. The summed E-state index contributed by atoms with van der Waals surface area (Å²) in [6.07, 6.45) is 5.66. The van der Waals surface area contributed by atoms with Crippen LogP contribution in [0.25, 0.3) is 44.7 Å². The number of hydrogen-bond acceptors (Lipinski definition) is 7. The fourth-order valence-electron chi connectivity index (χ4n) is 4.71. The number of likely N-dealkylation sites (N-methyl/N-ethyl adjacent to an activating group) is 1. The predicted molar refractivity (Wildman–Crippen MR) is 139 cm³/mol. The number of aromatic nitrogens is 6. The molecule has 0 amide bonds.